The number of allylic oxidation sites excluding steroid dienone is 2. The molecule has 0 fully saturated rings. The molecule has 0 radical (unpaired) electrons. The van der Waals surface area contributed by atoms with Gasteiger partial charge in [0.05, 0.1) is 6.04 Å². The van der Waals surface area contributed by atoms with Gasteiger partial charge >= 0.3 is 0 Å². The Morgan fingerprint density at radius 3 is 2.96 bits per heavy atom. The van der Waals surface area contributed by atoms with E-state index in [0.29, 0.717) is 24.3 Å². The highest BCUT2D eigenvalue weighted by molar-refractivity contribution is 7.12. The summed E-state index contributed by atoms with van der Waals surface area (Å²) in [5.74, 6) is 1.07. The number of carbonyl (C=O) groups is 1. The molecule has 2 heterocycles. The number of fused-ring (bicyclic) bond motifs is 3. The van der Waals surface area contributed by atoms with Gasteiger partial charge in [-0.1, -0.05) is 19.1 Å². The molecule has 1 aromatic carbocycles. The molecular weight excluding hydrogens is 328 g/mol. The molecule has 0 saturated heterocycles. The molecule has 2 N–H and O–H groups in total. The minimum Gasteiger partial charge on any atom is -0.377 e. The van der Waals surface area contributed by atoms with Crippen LogP contribution < -0.4 is 10.6 Å². The number of aryl methyl sites for hydroxylation is 1. The molecule has 1 amide bonds. The Labute approximate surface area is 153 Å². The fraction of sp³-hybridized carbons (Fsp3) is 0.381. The normalized spacial score (nSPS) is 23.7. The van der Waals surface area contributed by atoms with Crippen molar-refractivity contribution in [1.82, 2.24) is 0 Å². The van der Waals surface area contributed by atoms with Crippen LogP contribution in [0.5, 0.6) is 0 Å². The van der Waals surface area contributed by atoms with Gasteiger partial charge in [0.1, 0.15) is 0 Å². The number of hydrogen-bond acceptors (Lipinski definition) is 3. The summed E-state index contributed by atoms with van der Waals surface area (Å²) in [6.45, 7) is 4.19. The molecule has 1 aliphatic heterocycles. The zero-order chi connectivity index (χ0) is 17.4. The highest BCUT2D eigenvalue weighted by Gasteiger charge is 2.38. The summed E-state index contributed by atoms with van der Waals surface area (Å²) in [5.41, 5.74) is 3.40. The van der Waals surface area contributed by atoms with Crippen LogP contribution in [-0.2, 0) is 4.79 Å². The number of anilines is 2. The monoisotopic (exact) mass is 352 g/mol. The Morgan fingerprint density at radius 1 is 1.32 bits per heavy atom. The first-order valence-corrected chi connectivity index (χ1v) is 9.90. The van der Waals surface area contributed by atoms with E-state index in [1.165, 1.54) is 21.0 Å². The maximum Gasteiger partial charge on any atom is 0.224 e. The summed E-state index contributed by atoms with van der Waals surface area (Å²) < 4.78 is 0. The van der Waals surface area contributed by atoms with E-state index in [1.54, 1.807) is 0 Å². The van der Waals surface area contributed by atoms with Crippen molar-refractivity contribution in [1.29, 1.82) is 0 Å². The number of rotatable bonds is 4. The number of thiophene rings is 1. The highest BCUT2D eigenvalue weighted by Crippen LogP contribution is 2.51. The zero-order valence-electron chi connectivity index (χ0n) is 14.7. The van der Waals surface area contributed by atoms with Crippen LogP contribution in [0.1, 0.15) is 53.5 Å². The van der Waals surface area contributed by atoms with E-state index in [-0.39, 0.29) is 5.91 Å². The summed E-state index contributed by atoms with van der Waals surface area (Å²) in [4.78, 5) is 14.7. The Morgan fingerprint density at radius 2 is 2.20 bits per heavy atom. The van der Waals surface area contributed by atoms with E-state index >= 15 is 0 Å². The van der Waals surface area contributed by atoms with Crippen molar-refractivity contribution in [3.05, 3.63) is 57.8 Å². The third-order valence-electron chi connectivity index (χ3n) is 5.19. The van der Waals surface area contributed by atoms with Crippen molar-refractivity contribution in [3.8, 4) is 0 Å². The van der Waals surface area contributed by atoms with Crippen molar-refractivity contribution < 1.29 is 4.79 Å². The maximum atomic E-state index is 11.9. The smallest absolute Gasteiger partial charge is 0.224 e. The van der Waals surface area contributed by atoms with Gasteiger partial charge in [0.15, 0.2) is 0 Å². The lowest BCUT2D eigenvalue weighted by Gasteiger charge is -2.37. The maximum absolute atomic E-state index is 11.9. The lowest BCUT2D eigenvalue weighted by atomic mass is 9.79. The van der Waals surface area contributed by atoms with Gasteiger partial charge in [0, 0.05) is 33.5 Å². The zero-order valence-corrected chi connectivity index (χ0v) is 15.5. The standard InChI is InChI=1S/C21H24N2OS/c1-3-5-20(24)22-14-9-10-18-17(12-14)15-6-4-7-16(15)21(23-18)19-11-8-13(2)25-19/h4,6,8-12,15-16,21,23H,3,5,7H2,1-2H3,(H,22,24). The quantitative estimate of drug-likeness (QED) is 0.701. The van der Waals surface area contributed by atoms with Gasteiger partial charge in [0.25, 0.3) is 0 Å². The number of hydrogen-bond donors (Lipinski definition) is 2. The van der Waals surface area contributed by atoms with E-state index in [0.717, 1.165) is 18.5 Å². The lowest BCUT2D eigenvalue weighted by Crippen LogP contribution is -2.28. The molecule has 2 aromatic rings. The Kier molecular flexibility index (Phi) is 4.38. The van der Waals surface area contributed by atoms with Crippen LogP contribution in [0.25, 0.3) is 0 Å². The fourth-order valence-corrected chi connectivity index (χ4v) is 5.03. The molecule has 2 aliphatic rings. The second-order valence-electron chi connectivity index (χ2n) is 7.02. The van der Waals surface area contributed by atoms with Crippen LogP contribution in [0.2, 0.25) is 0 Å². The average Bonchev–Trinajstić information content (AvgIpc) is 3.23. The molecule has 4 heteroatoms. The van der Waals surface area contributed by atoms with Crippen LogP contribution in [0.3, 0.4) is 0 Å². The second-order valence-corrected chi connectivity index (χ2v) is 8.34. The van der Waals surface area contributed by atoms with E-state index in [1.807, 2.05) is 24.3 Å². The van der Waals surface area contributed by atoms with Gasteiger partial charge in [-0.05, 0) is 61.6 Å². The molecule has 4 rings (SSSR count). The summed E-state index contributed by atoms with van der Waals surface area (Å²) in [7, 11) is 0. The largest absolute Gasteiger partial charge is 0.377 e. The average molecular weight is 353 g/mol. The molecule has 0 spiro atoms. The topological polar surface area (TPSA) is 41.1 Å². The van der Waals surface area contributed by atoms with Crippen molar-refractivity contribution in [2.24, 2.45) is 5.92 Å². The minimum absolute atomic E-state index is 0.0941. The van der Waals surface area contributed by atoms with Gasteiger partial charge in [-0.15, -0.1) is 11.3 Å². The van der Waals surface area contributed by atoms with Crippen LogP contribution in [0.15, 0.2) is 42.5 Å². The van der Waals surface area contributed by atoms with Gasteiger partial charge in [0.2, 0.25) is 5.91 Å². The van der Waals surface area contributed by atoms with E-state index in [9.17, 15) is 4.79 Å². The SMILES string of the molecule is CCCC(=O)Nc1ccc2c(c1)C1C=CCC1C(c1ccc(C)s1)N2. The van der Waals surface area contributed by atoms with Crippen LogP contribution in [0, 0.1) is 12.8 Å². The van der Waals surface area contributed by atoms with Gasteiger partial charge in [-0.3, -0.25) is 4.79 Å². The predicted octanol–water partition coefficient (Wildman–Crippen LogP) is 5.62. The molecule has 0 saturated carbocycles. The van der Waals surface area contributed by atoms with Crippen molar-refractivity contribution >= 4 is 28.6 Å². The molecule has 0 bridgehead atoms. The van der Waals surface area contributed by atoms with Crippen LogP contribution >= 0.6 is 11.3 Å². The fourth-order valence-electron chi connectivity index (χ4n) is 4.02. The van der Waals surface area contributed by atoms with Gasteiger partial charge in [-0.2, -0.15) is 0 Å². The summed E-state index contributed by atoms with van der Waals surface area (Å²) in [5, 5.41) is 6.79. The Hall–Kier alpha value is -2.07. The lowest BCUT2D eigenvalue weighted by molar-refractivity contribution is -0.116. The number of carbonyl (C=O) groups excluding carboxylic acids is 1. The minimum atomic E-state index is 0.0941. The number of amides is 1. The molecule has 130 valence electrons. The van der Waals surface area contributed by atoms with E-state index in [2.05, 4.69) is 54.0 Å². The van der Waals surface area contributed by atoms with Gasteiger partial charge in [-0.25, -0.2) is 0 Å². The molecule has 25 heavy (non-hydrogen) atoms. The van der Waals surface area contributed by atoms with Crippen molar-refractivity contribution in [3.63, 3.8) is 0 Å². The summed E-state index contributed by atoms with van der Waals surface area (Å²) in [6, 6.07) is 11.1. The first kappa shape index (κ1) is 16.4. The number of nitrogens with one attached hydrogen (secondary N) is 2. The molecule has 3 atom stereocenters. The number of benzene rings is 1. The van der Waals surface area contributed by atoms with E-state index in [4.69, 9.17) is 0 Å². The third-order valence-corrected chi connectivity index (χ3v) is 6.28. The highest BCUT2D eigenvalue weighted by atomic mass is 32.1. The molecular formula is C21H24N2OS. The molecule has 1 aromatic heterocycles. The van der Waals surface area contributed by atoms with Crippen molar-refractivity contribution in [2.45, 2.75) is 45.1 Å². The Balaban J connectivity index is 1.64. The summed E-state index contributed by atoms with van der Waals surface area (Å²) >= 11 is 1.89. The second kappa shape index (κ2) is 6.68. The molecule has 3 unspecified atom stereocenters. The molecule has 3 nitrogen and oxygen atoms in total. The van der Waals surface area contributed by atoms with Crippen molar-refractivity contribution in [2.75, 3.05) is 10.6 Å². The van der Waals surface area contributed by atoms with Crippen LogP contribution in [-0.4, -0.2) is 5.91 Å². The van der Waals surface area contributed by atoms with Gasteiger partial charge < -0.3 is 10.6 Å². The predicted molar refractivity (Wildman–Crippen MR) is 105 cm³/mol. The summed E-state index contributed by atoms with van der Waals surface area (Å²) in [6.07, 6.45) is 7.19. The van der Waals surface area contributed by atoms with E-state index < -0.39 is 0 Å². The third kappa shape index (κ3) is 3.11. The Bertz CT molecular complexity index is 823. The first-order valence-electron chi connectivity index (χ1n) is 9.09. The first-order chi connectivity index (χ1) is 12.2. The molecule has 1 aliphatic carbocycles. The van der Waals surface area contributed by atoms with Crippen LogP contribution in [0.4, 0.5) is 11.4 Å².